The fraction of sp³-hybridized carbons (Fsp3) is 0.407. The molecule has 2 aromatic rings. The standard InChI is InChI=1S/C27H32Si.Li.H/c1-5-18(2)24-17-27(23-12-7-6-11-22(23)24)28(3,4)26-14-13-21-15-19-9-8-10-20(19)16-25(21)26;;/h6-7,11-18,26-27H,5,8-10H2,1-4H3;;/q;+1;-1. The van der Waals surface area contributed by atoms with Crippen LogP contribution in [0.3, 0.4) is 0 Å². The van der Waals surface area contributed by atoms with Crippen LogP contribution in [0.15, 0.2) is 48.6 Å². The van der Waals surface area contributed by atoms with Crippen molar-refractivity contribution < 1.29 is 20.3 Å². The second-order valence-corrected chi connectivity index (χ2v) is 14.6. The Balaban J connectivity index is 0.00000128. The van der Waals surface area contributed by atoms with Crippen LogP contribution >= 0.6 is 0 Å². The molecule has 3 atom stereocenters. The van der Waals surface area contributed by atoms with Gasteiger partial charge in [0.25, 0.3) is 0 Å². The van der Waals surface area contributed by atoms with Crippen molar-refractivity contribution in [3.8, 4) is 0 Å². The Labute approximate surface area is 191 Å². The number of benzene rings is 2. The molecule has 0 saturated carbocycles. The molecule has 0 heterocycles. The minimum Gasteiger partial charge on any atom is -1.00 e. The topological polar surface area (TPSA) is 0 Å². The number of allylic oxidation sites excluding steroid dienone is 3. The van der Waals surface area contributed by atoms with E-state index in [-0.39, 0.29) is 20.3 Å². The molecule has 0 saturated heterocycles. The van der Waals surface area contributed by atoms with Gasteiger partial charge in [-0.25, -0.2) is 0 Å². The third kappa shape index (κ3) is 3.27. The van der Waals surface area contributed by atoms with E-state index in [1.165, 1.54) is 36.8 Å². The van der Waals surface area contributed by atoms with Crippen molar-refractivity contribution >= 4 is 19.7 Å². The Morgan fingerprint density at radius 3 is 2.52 bits per heavy atom. The average molecular weight is 393 g/mol. The summed E-state index contributed by atoms with van der Waals surface area (Å²) in [7, 11) is -1.64. The molecule has 0 bridgehead atoms. The molecule has 0 fully saturated rings. The normalized spacial score (nSPS) is 22.6. The monoisotopic (exact) mass is 392 g/mol. The Morgan fingerprint density at radius 2 is 1.76 bits per heavy atom. The zero-order valence-corrected chi connectivity index (χ0v) is 19.8. The van der Waals surface area contributed by atoms with E-state index >= 15 is 0 Å². The van der Waals surface area contributed by atoms with E-state index in [4.69, 9.17) is 0 Å². The van der Waals surface area contributed by atoms with Gasteiger partial charge in [-0.2, -0.15) is 0 Å². The summed E-state index contributed by atoms with van der Waals surface area (Å²) in [6, 6.07) is 14.3. The molecule has 0 spiro atoms. The van der Waals surface area contributed by atoms with Gasteiger partial charge >= 0.3 is 18.9 Å². The Morgan fingerprint density at radius 1 is 1.03 bits per heavy atom. The van der Waals surface area contributed by atoms with E-state index in [1.807, 2.05) is 0 Å². The summed E-state index contributed by atoms with van der Waals surface area (Å²) in [4.78, 5) is 0. The smallest absolute Gasteiger partial charge is 1.00 e. The summed E-state index contributed by atoms with van der Waals surface area (Å²) >= 11 is 0. The van der Waals surface area contributed by atoms with Crippen LogP contribution < -0.4 is 18.9 Å². The van der Waals surface area contributed by atoms with Gasteiger partial charge in [0.1, 0.15) is 0 Å². The molecule has 3 aliphatic rings. The molecule has 2 heteroatoms. The summed E-state index contributed by atoms with van der Waals surface area (Å²) < 4.78 is 0. The first-order valence-corrected chi connectivity index (χ1v) is 14.3. The van der Waals surface area contributed by atoms with E-state index < -0.39 is 8.07 Å². The van der Waals surface area contributed by atoms with Gasteiger partial charge in [0.15, 0.2) is 0 Å². The van der Waals surface area contributed by atoms with E-state index in [0.717, 1.165) is 0 Å². The molecule has 0 N–H and O–H groups in total. The van der Waals surface area contributed by atoms with E-state index in [2.05, 4.69) is 81.6 Å². The van der Waals surface area contributed by atoms with Crippen molar-refractivity contribution in [1.29, 1.82) is 0 Å². The van der Waals surface area contributed by atoms with Crippen LogP contribution in [0, 0.1) is 5.92 Å². The Hall–Kier alpha value is -1.27. The van der Waals surface area contributed by atoms with Crippen LogP contribution in [0.4, 0.5) is 0 Å². The predicted molar refractivity (Wildman–Crippen MR) is 125 cm³/mol. The Bertz CT molecular complexity index is 1000. The van der Waals surface area contributed by atoms with Gasteiger partial charge in [-0.05, 0) is 81.6 Å². The van der Waals surface area contributed by atoms with Gasteiger partial charge < -0.3 is 1.43 Å². The number of rotatable bonds is 4. The second-order valence-electron chi connectivity index (χ2n) is 9.76. The fourth-order valence-corrected chi connectivity index (χ4v) is 9.57. The van der Waals surface area contributed by atoms with Crippen LogP contribution in [0.25, 0.3) is 11.6 Å². The predicted octanol–water partition coefficient (Wildman–Crippen LogP) is 4.42. The molecular formula is C27H33LiSi. The Kier molecular flexibility index (Phi) is 5.62. The van der Waals surface area contributed by atoms with Crippen LogP contribution in [0.1, 0.15) is 72.6 Å². The third-order valence-corrected chi connectivity index (χ3v) is 12.0. The largest absolute Gasteiger partial charge is 1.00 e. The zero-order chi connectivity index (χ0) is 19.5. The molecule has 29 heavy (non-hydrogen) atoms. The maximum Gasteiger partial charge on any atom is 1.00 e. The van der Waals surface area contributed by atoms with Crippen LogP contribution in [0.5, 0.6) is 0 Å². The van der Waals surface area contributed by atoms with Crippen molar-refractivity contribution in [2.24, 2.45) is 5.92 Å². The van der Waals surface area contributed by atoms with Crippen molar-refractivity contribution in [3.63, 3.8) is 0 Å². The SMILES string of the molecule is CCC(C)C1=CC([Si](C)(C)C2C=Cc3cc4c(cc32)CCC4)c2ccccc21.[H-].[Li+]. The molecular weight excluding hydrogens is 359 g/mol. The van der Waals surface area contributed by atoms with Gasteiger partial charge in [-0.15, -0.1) is 0 Å². The van der Waals surface area contributed by atoms with E-state index in [1.54, 1.807) is 27.8 Å². The molecule has 146 valence electrons. The number of aryl methyl sites for hydroxylation is 2. The second kappa shape index (κ2) is 7.77. The maximum atomic E-state index is 2.67. The van der Waals surface area contributed by atoms with Crippen LogP contribution in [-0.2, 0) is 12.8 Å². The molecule has 0 aromatic heterocycles. The first kappa shape index (κ1) is 21.0. The molecule has 3 aliphatic carbocycles. The first-order chi connectivity index (χ1) is 13.5. The third-order valence-electron chi connectivity index (χ3n) is 7.80. The van der Waals surface area contributed by atoms with Crippen LogP contribution in [-0.4, -0.2) is 8.07 Å². The van der Waals surface area contributed by atoms with Crippen LogP contribution in [0.2, 0.25) is 13.1 Å². The molecule has 0 amide bonds. The van der Waals surface area contributed by atoms with Gasteiger partial charge in [0, 0.05) is 0 Å². The van der Waals surface area contributed by atoms with Crippen molar-refractivity contribution in [3.05, 3.63) is 81.9 Å². The molecule has 3 unspecified atom stereocenters. The van der Waals surface area contributed by atoms with E-state index in [9.17, 15) is 0 Å². The van der Waals surface area contributed by atoms with Gasteiger partial charge in [0.05, 0.1) is 8.07 Å². The van der Waals surface area contributed by atoms with Gasteiger partial charge in [-0.3, -0.25) is 0 Å². The van der Waals surface area contributed by atoms with Gasteiger partial charge in [-0.1, -0.05) is 81.6 Å². The molecule has 2 aromatic carbocycles. The number of hydrogen-bond acceptors (Lipinski definition) is 0. The number of fused-ring (bicyclic) bond motifs is 3. The minimum absolute atomic E-state index is 0. The first-order valence-electron chi connectivity index (χ1n) is 11.2. The molecule has 0 aliphatic heterocycles. The van der Waals surface area contributed by atoms with Gasteiger partial charge in [0.2, 0.25) is 0 Å². The quantitative estimate of drug-likeness (QED) is 0.676. The average Bonchev–Trinajstić information content (AvgIpc) is 3.41. The maximum absolute atomic E-state index is 2.67. The van der Waals surface area contributed by atoms with E-state index in [0.29, 0.717) is 17.0 Å². The summed E-state index contributed by atoms with van der Waals surface area (Å²) in [5.74, 6) is 0.644. The molecule has 0 radical (unpaired) electrons. The number of hydrogen-bond donors (Lipinski definition) is 0. The molecule has 5 rings (SSSR count). The van der Waals surface area contributed by atoms with Crippen molar-refractivity contribution in [2.45, 2.75) is 63.7 Å². The summed E-state index contributed by atoms with van der Waals surface area (Å²) in [6.07, 6.45) is 12.7. The zero-order valence-electron chi connectivity index (χ0n) is 19.8. The van der Waals surface area contributed by atoms with Crippen molar-refractivity contribution in [1.82, 2.24) is 0 Å². The molecule has 0 nitrogen and oxygen atoms in total. The summed E-state index contributed by atoms with van der Waals surface area (Å²) in [5.41, 5.74) is 12.3. The fourth-order valence-electron chi connectivity index (χ4n) is 5.88. The minimum atomic E-state index is -1.64. The summed E-state index contributed by atoms with van der Waals surface area (Å²) in [6.45, 7) is 9.97. The summed E-state index contributed by atoms with van der Waals surface area (Å²) in [5, 5.41) is 0. The van der Waals surface area contributed by atoms with Crippen molar-refractivity contribution in [2.75, 3.05) is 0 Å².